The lowest BCUT2D eigenvalue weighted by atomic mass is 10.1. The predicted octanol–water partition coefficient (Wildman–Crippen LogP) is 3.45. The van der Waals surface area contributed by atoms with Crippen LogP contribution in [0.2, 0.25) is 0 Å². The number of benzene rings is 1. The molecule has 1 aromatic carbocycles. The molecule has 0 aliphatic heterocycles. The first-order chi connectivity index (χ1) is 7.57. The predicted molar refractivity (Wildman–Crippen MR) is 62.6 cm³/mol. The zero-order valence-electron chi connectivity index (χ0n) is 8.79. The lowest BCUT2D eigenvalue weighted by Crippen LogP contribution is -2.09. The summed E-state index contributed by atoms with van der Waals surface area (Å²) >= 11 is 11.0. The molecule has 0 amide bonds. The van der Waals surface area contributed by atoms with Crippen molar-refractivity contribution in [1.82, 2.24) is 0 Å². The molecule has 5 heteroatoms. The molecule has 16 heavy (non-hydrogen) atoms. The summed E-state index contributed by atoms with van der Waals surface area (Å²) in [4.78, 5) is -1.07. The fourth-order valence-electron chi connectivity index (χ4n) is 1.22. The standard InChI is InChI=1S/C11H13Cl2FO2/c1-2-6-16-8-5-3-4-7(9(8)14)10(15)11(12)13/h3-5,10-11,15H,2,6H2,1H3. The highest BCUT2D eigenvalue weighted by Crippen LogP contribution is 2.30. The summed E-state index contributed by atoms with van der Waals surface area (Å²) in [6.45, 7) is 2.34. The van der Waals surface area contributed by atoms with Crippen molar-refractivity contribution in [3.8, 4) is 5.75 Å². The second kappa shape index (κ2) is 6.28. The number of ether oxygens (including phenoxy) is 1. The SMILES string of the molecule is CCCOc1cccc(C(O)C(Cl)Cl)c1F. The summed E-state index contributed by atoms with van der Waals surface area (Å²) in [6, 6.07) is 4.51. The summed E-state index contributed by atoms with van der Waals surface area (Å²) in [6.07, 6.45) is -0.478. The van der Waals surface area contributed by atoms with Crippen LogP contribution in [-0.2, 0) is 0 Å². The number of hydrogen-bond donors (Lipinski definition) is 1. The van der Waals surface area contributed by atoms with Crippen molar-refractivity contribution in [3.63, 3.8) is 0 Å². The Hall–Kier alpha value is -0.510. The Morgan fingerprint density at radius 2 is 2.12 bits per heavy atom. The maximum Gasteiger partial charge on any atom is 0.170 e. The third-order valence-electron chi connectivity index (χ3n) is 2.01. The fourth-order valence-corrected chi connectivity index (χ4v) is 1.49. The first kappa shape index (κ1) is 13.6. The molecule has 0 saturated heterocycles. The van der Waals surface area contributed by atoms with Crippen molar-refractivity contribution < 1.29 is 14.2 Å². The van der Waals surface area contributed by atoms with Gasteiger partial charge in [0.1, 0.15) is 10.9 Å². The fraction of sp³-hybridized carbons (Fsp3) is 0.455. The van der Waals surface area contributed by atoms with E-state index in [1.165, 1.54) is 12.1 Å². The molecule has 90 valence electrons. The van der Waals surface area contributed by atoms with Crippen molar-refractivity contribution in [1.29, 1.82) is 0 Å². The molecule has 1 atom stereocenters. The number of aliphatic hydroxyl groups excluding tert-OH is 1. The topological polar surface area (TPSA) is 29.5 Å². The van der Waals surface area contributed by atoms with Crippen LogP contribution in [-0.4, -0.2) is 16.5 Å². The van der Waals surface area contributed by atoms with E-state index in [1.54, 1.807) is 6.07 Å². The zero-order chi connectivity index (χ0) is 12.1. The van der Waals surface area contributed by atoms with Gasteiger partial charge < -0.3 is 9.84 Å². The van der Waals surface area contributed by atoms with Gasteiger partial charge in [0, 0.05) is 5.56 Å². The summed E-state index contributed by atoms with van der Waals surface area (Å²) in [7, 11) is 0. The van der Waals surface area contributed by atoms with Crippen LogP contribution in [0.3, 0.4) is 0 Å². The van der Waals surface area contributed by atoms with Gasteiger partial charge in [-0.1, -0.05) is 19.1 Å². The van der Waals surface area contributed by atoms with E-state index in [4.69, 9.17) is 27.9 Å². The van der Waals surface area contributed by atoms with E-state index in [2.05, 4.69) is 0 Å². The highest BCUT2D eigenvalue weighted by molar-refractivity contribution is 6.44. The van der Waals surface area contributed by atoms with Crippen LogP contribution in [0.15, 0.2) is 18.2 Å². The molecule has 1 rings (SSSR count). The molecule has 1 aromatic rings. The van der Waals surface area contributed by atoms with Crippen LogP contribution < -0.4 is 4.74 Å². The third-order valence-corrected chi connectivity index (χ3v) is 2.49. The molecule has 0 bridgehead atoms. The van der Waals surface area contributed by atoms with Gasteiger partial charge >= 0.3 is 0 Å². The Bertz CT molecular complexity index is 345. The Kier molecular flexibility index (Phi) is 5.32. The van der Waals surface area contributed by atoms with Gasteiger partial charge in [-0.3, -0.25) is 0 Å². The highest BCUT2D eigenvalue weighted by Gasteiger charge is 2.21. The maximum absolute atomic E-state index is 13.8. The van der Waals surface area contributed by atoms with Gasteiger partial charge in [-0.05, 0) is 12.5 Å². The summed E-state index contributed by atoms with van der Waals surface area (Å²) in [5.74, 6) is -0.512. The molecule has 0 aromatic heterocycles. The number of rotatable bonds is 5. The largest absolute Gasteiger partial charge is 0.491 e. The Labute approximate surface area is 104 Å². The number of aliphatic hydroxyl groups is 1. The molecule has 0 radical (unpaired) electrons. The van der Waals surface area contributed by atoms with Crippen molar-refractivity contribution >= 4 is 23.2 Å². The van der Waals surface area contributed by atoms with Crippen molar-refractivity contribution in [3.05, 3.63) is 29.6 Å². The van der Waals surface area contributed by atoms with Crippen molar-refractivity contribution in [2.24, 2.45) is 0 Å². The molecular formula is C11H13Cl2FO2. The molecule has 2 nitrogen and oxygen atoms in total. The lowest BCUT2D eigenvalue weighted by molar-refractivity contribution is 0.185. The number of halogens is 3. The second-order valence-electron chi connectivity index (χ2n) is 3.29. The van der Waals surface area contributed by atoms with Crippen LogP contribution in [0.5, 0.6) is 5.75 Å². The molecule has 1 unspecified atom stereocenters. The van der Waals surface area contributed by atoms with Crippen LogP contribution in [0.25, 0.3) is 0 Å². The Balaban J connectivity index is 2.94. The minimum Gasteiger partial charge on any atom is -0.491 e. The van der Waals surface area contributed by atoms with Crippen LogP contribution in [0.1, 0.15) is 25.0 Å². The summed E-state index contributed by atoms with van der Waals surface area (Å²) in [5, 5.41) is 9.57. The van der Waals surface area contributed by atoms with Gasteiger partial charge in [-0.2, -0.15) is 0 Å². The van der Waals surface area contributed by atoms with Gasteiger partial charge in [0.25, 0.3) is 0 Å². The van der Waals surface area contributed by atoms with Gasteiger partial charge in [0.2, 0.25) is 0 Å². The van der Waals surface area contributed by atoms with Crippen LogP contribution in [0, 0.1) is 5.82 Å². The van der Waals surface area contributed by atoms with Gasteiger partial charge in [0.05, 0.1) is 6.61 Å². The smallest absolute Gasteiger partial charge is 0.170 e. The Morgan fingerprint density at radius 1 is 1.44 bits per heavy atom. The molecule has 0 heterocycles. The summed E-state index contributed by atoms with van der Waals surface area (Å²) < 4.78 is 19.0. The van der Waals surface area contributed by atoms with Crippen molar-refractivity contribution in [2.75, 3.05) is 6.61 Å². The minimum atomic E-state index is -1.26. The van der Waals surface area contributed by atoms with E-state index >= 15 is 0 Å². The third kappa shape index (κ3) is 3.24. The monoisotopic (exact) mass is 266 g/mol. The van der Waals surface area contributed by atoms with Gasteiger partial charge in [-0.25, -0.2) is 4.39 Å². The van der Waals surface area contributed by atoms with E-state index in [0.29, 0.717) is 6.61 Å². The zero-order valence-corrected chi connectivity index (χ0v) is 10.3. The van der Waals surface area contributed by atoms with E-state index in [9.17, 15) is 9.50 Å². The average Bonchev–Trinajstić information content (AvgIpc) is 2.26. The Morgan fingerprint density at radius 3 is 2.69 bits per heavy atom. The van der Waals surface area contributed by atoms with E-state index < -0.39 is 16.8 Å². The molecule has 0 aliphatic carbocycles. The average molecular weight is 267 g/mol. The van der Waals surface area contributed by atoms with Gasteiger partial charge in [0.15, 0.2) is 11.6 Å². The van der Waals surface area contributed by atoms with Crippen LogP contribution in [0.4, 0.5) is 4.39 Å². The van der Waals surface area contributed by atoms with Crippen LogP contribution >= 0.6 is 23.2 Å². The van der Waals surface area contributed by atoms with E-state index in [0.717, 1.165) is 6.42 Å². The lowest BCUT2D eigenvalue weighted by Gasteiger charge is -2.14. The number of hydrogen-bond acceptors (Lipinski definition) is 2. The molecule has 1 N–H and O–H groups in total. The molecule has 0 fully saturated rings. The second-order valence-corrected chi connectivity index (χ2v) is 4.45. The highest BCUT2D eigenvalue weighted by atomic mass is 35.5. The molecule has 0 spiro atoms. The number of alkyl halides is 2. The molecule has 0 aliphatic rings. The minimum absolute atomic E-state index is 0.0450. The molecule has 0 saturated carbocycles. The summed E-state index contributed by atoms with van der Waals surface area (Å²) in [5.41, 5.74) is 0.0450. The maximum atomic E-state index is 13.8. The quantitative estimate of drug-likeness (QED) is 0.828. The first-order valence-corrected chi connectivity index (χ1v) is 5.82. The first-order valence-electron chi connectivity index (χ1n) is 4.95. The normalized spacial score (nSPS) is 12.9. The van der Waals surface area contributed by atoms with E-state index in [-0.39, 0.29) is 11.3 Å². The van der Waals surface area contributed by atoms with Gasteiger partial charge in [-0.15, -0.1) is 23.2 Å². The molecular weight excluding hydrogens is 254 g/mol. The van der Waals surface area contributed by atoms with Crippen molar-refractivity contribution in [2.45, 2.75) is 24.3 Å². The van der Waals surface area contributed by atoms with E-state index in [1.807, 2.05) is 6.92 Å².